The molecule has 0 N–H and O–H groups in total. The number of aryl methyl sites for hydroxylation is 1. The Bertz CT molecular complexity index is 655. The summed E-state index contributed by atoms with van der Waals surface area (Å²) in [6.07, 6.45) is 3.01. The highest BCUT2D eigenvalue weighted by atomic mass is 32.2. The first-order valence-corrected chi connectivity index (χ1v) is 9.76. The van der Waals surface area contributed by atoms with Gasteiger partial charge in [0.15, 0.2) is 0 Å². The van der Waals surface area contributed by atoms with Crippen molar-refractivity contribution >= 4 is 27.3 Å². The van der Waals surface area contributed by atoms with Crippen LogP contribution in [0.5, 0.6) is 0 Å². The molecule has 2 aliphatic rings. The smallest absolute Gasteiger partial charge is 0.223 e. The molecule has 8 heteroatoms. The Balaban J connectivity index is 1.82. The van der Waals surface area contributed by atoms with Crippen molar-refractivity contribution in [2.24, 2.45) is 0 Å². The second kappa shape index (κ2) is 5.33. The average molecular weight is 329 g/mol. The summed E-state index contributed by atoms with van der Waals surface area (Å²) < 4.78 is 25.3. The number of hydrogen-bond acceptors (Lipinski definition) is 5. The van der Waals surface area contributed by atoms with E-state index in [4.69, 9.17) is 0 Å². The van der Waals surface area contributed by atoms with Gasteiger partial charge in [0.2, 0.25) is 15.9 Å². The first-order valence-electron chi connectivity index (χ1n) is 7.03. The van der Waals surface area contributed by atoms with Crippen molar-refractivity contribution in [1.82, 2.24) is 14.2 Å². The van der Waals surface area contributed by atoms with Gasteiger partial charge in [0.25, 0.3) is 0 Å². The molecule has 6 nitrogen and oxygen atoms in total. The van der Waals surface area contributed by atoms with Crippen LogP contribution in [0.25, 0.3) is 0 Å². The van der Waals surface area contributed by atoms with Gasteiger partial charge in [0, 0.05) is 30.4 Å². The molecule has 2 saturated heterocycles. The zero-order valence-corrected chi connectivity index (χ0v) is 13.8. The number of thiazole rings is 1. The summed E-state index contributed by atoms with van der Waals surface area (Å²) in [5.74, 6) is 0.109. The Labute approximate surface area is 128 Å². The molecule has 2 fully saturated rings. The monoisotopic (exact) mass is 329 g/mol. The third-order valence-electron chi connectivity index (χ3n) is 4.26. The Morgan fingerprint density at radius 3 is 2.76 bits per heavy atom. The molecular formula is C13H19N3O3S2. The molecule has 116 valence electrons. The maximum atomic E-state index is 12.2. The molecule has 21 heavy (non-hydrogen) atoms. The van der Waals surface area contributed by atoms with Gasteiger partial charge in [-0.25, -0.2) is 13.4 Å². The van der Waals surface area contributed by atoms with E-state index in [1.807, 2.05) is 17.2 Å². The summed E-state index contributed by atoms with van der Waals surface area (Å²) in [6, 6.07) is -0.0830. The van der Waals surface area contributed by atoms with E-state index in [0.717, 1.165) is 10.7 Å². The molecule has 1 amide bonds. The first kappa shape index (κ1) is 14.9. The van der Waals surface area contributed by atoms with E-state index < -0.39 is 10.0 Å². The number of aromatic nitrogens is 1. The lowest BCUT2D eigenvalue weighted by molar-refractivity contribution is -0.138. The van der Waals surface area contributed by atoms with Crippen LogP contribution in [0, 0.1) is 6.92 Å². The first-order chi connectivity index (χ1) is 9.86. The predicted octanol–water partition coefficient (Wildman–Crippen LogP) is 0.976. The van der Waals surface area contributed by atoms with Crippen molar-refractivity contribution < 1.29 is 13.2 Å². The van der Waals surface area contributed by atoms with E-state index in [2.05, 4.69) is 4.98 Å². The van der Waals surface area contributed by atoms with Crippen LogP contribution in [0.3, 0.4) is 0 Å². The molecule has 1 aromatic heterocycles. The fraction of sp³-hybridized carbons (Fsp3) is 0.692. The van der Waals surface area contributed by atoms with Crippen LogP contribution in [0.2, 0.25) is 0 Å². The van der Waals surface area contributed by atoms with Crippen LogP contribution >= 0.6 is 11.3 Å². The molecule has 0 aromatic carbocycles. The minimum atomic E-state index is -3.20. The maximum Gasteiger partial charge on any atom is 0.223 e. The Kier molecular flexibility index (Phi) is 3.79. The summed E-state index contributed by atoms with van der Waals surface area (Å²) in [5.41, 5.74) is 0.893. The van der Waals surface area contributed by atoms with E-state index >= 15 is 0 Å². The molecule has 0 radical (unpaired) electrons. The second-order valence-electron chi connectivity index (χ2n) is 5.72. The lowest BCUT2D eigenvalue weighted by Crippen LogP contribution is -2.52. The molecule has 1 aromatic rings. The standard InChI is InChI=1S/C13H19N3O3S2/c1-9-14-10(8-20-9)7-15-11-5-6-16(21(2,18)19)12(11)3-4-13(15)17/h8,11-12H,3-7H2,1-2H3/t11-,12-/m1/s1. The maximum absolute atomic E-state index is 12.2. The molecule has 0 bridgehead atoms. The summed E-state index contributed by atoms with van der Waals surface area (Å²) in [7, 11) is -3.20. The van der Waals surface area contributed by atoms with Gasteiger partial charge in [0.1, 0.15) is 0 Å². The summed E-state index contributed by atoms with van der Waals surface area (Å²) >= 11 is 1.57. The molecule has 3 rings (SSSR count). The molecule has 0 aliphatic carbocycles. The molecule has 2 atom stereocenters. The predicted molar refractivity (Wildman–Crippen MR) is 80.4 cm³/mol. The molecule has 0 saturated carbocycles. The van der Waals surface area contributed by atoms with Gasteiger partial charge in [-0.3, -0.25) is 4.79 Å². The van der Waals surface area contributed by atoms with E-state index in [1.165, 1.54) is 6.26 Å². The number of piperidine rings is 1. The van der Waals surface area contributed by atoms with E-state index in [0.29, 0.717) is 32.4 Å². The van der Waals surface area contributed by atoms with E-state index in [1.54, 1.807) is 15.6 Å². The number of amides is 1. The van der Waals surface area contributed by atoms with Crippen molar-refractivity contribution in [2.75, 3.05) is 12.8 Å². The second-order valence-corrected chi connectivity index (χ2v) is 8.71. The number of carbonyl (C=O) groups excluding carboxylic acids is 1. The summed E-state index contributed by atoms with van der Waals surface area (Å²) in [4.78, 5) is 18.5. The SMILES string of the molecule is Cc1nc(CN2C(=O)CC[C@@H]3[C@H]2CCN3S(C)(=O)=O)cs1. The van der Waals surface area contributed by atoms with Crippen molar-refractivity contribution in [1.29, 1.82) is 0 Å². The highest BCUT2D eigenvalue weighted by molar-refractivity contribution is 7.88. The van der Waals surface area contributed by atoms with Crippen molar-refractivity contribution in [3.63, 3.8) is 0 Å². The fourth-order valence-corrected chi connectivity index (χ4v) is 5.16. The molecule has 0 spiro atoms. The topological polar surface area (TPSA) is 70.6 Å². The highest BCUT2D eigenvalue weighted by Gasteiger charge is 2.46. The van der Waals surface area contributed by atoms with Crippen LogP contribution in [-0.4, -0.2) is 53.4 Å². The van der Waals surface area contributed by atoms with Gasteiger partial charge >= 0.3 is 0 Å². The number of rotatable bonds is 3. The fourth-order valence-electron chi connectivity index (χ4n) is 3.38. The third-order valence-corrected chi connectivity index (χ3v) is 6.39. The quantitative estimate of drug-likeness (QED) is 0.829. The average Bonchev–Trinajstić information content (AvgIpc) is 2.98. The largest absolute Gasteiger partial charge is 0.332 e. The molecule has 0 unspecified atom stereocenters. The van der Waals surface area contributed by atoms with Gasteiger partial charge in [-0.1, -0.05) is 0 Å². The van der Waals surface area contributed by atoms with Crippen LogP contribution < -0.4 is 0 Å². The Morgan fingerprint density at radius 2 is 2.14 bits per heavy atom. The van der Waals surface area contributed by atoms with Gasteiger partial charge < -0.3 is 4.90 Å². The van der Waals surface area contributed by atoms with Gasteiger partial charge in [-0.05, 0) is 19.8 Å². The van der Waals surface area contributed by atoms with Crippen molar-refractivity contribution in [3.05, 3.63) is 16.1 Å². The molecule has 3 heterocycles. The lowest BCUT2D eigenvalue weighted by Gasteiger charge is -2.38. The number of hydrogen-bond donors (Lipinski definition) is 0. The van der Waals surface area contributed by atoms with Crippen LogP contribution in [0.15, 0.2) is 5.38 Å². The number of likely N-dealkylation sites (tertiary alicyclic amines) is 1. The number of carbonyl (C=O) groups is 1. The van der Waals surface area contributed by atoms with Crippen LogP contribution in [0.1, 0.15) is 30.0 Å². The van der Waals surface area contributed by atoms with Crippen LogP contribution in [-0.2, 0) is 21.4 Å². The van der Waals surface area contributed by atoms with Crippen molar-refractivity contribution in [3.8, 4) is 0 Å². The minimum Gasteiger partial charge on any atom is -0.332 e. The number of sulfonamides is 1. The highest BCUT2D eigenvalue weighted by Crippen LogP contribution is 2.33. The zero-order chi connectivity index (χ0) is 15.2. The van der Waals surface area contributed by atoms with E-state index in [9.17, 15) is 13.2 Å². The van der Waals surface area contributed by atoms with E-state index in [-0.39, 0.29) is 18.0 Å². The Hall–Kier alpha value is -0.990. The molecular weight excluding hydrogens is 310 g/mol. The number of nitrogens with zero attached hydrogens (tertiary/aromatic N) is 3. The normalized spacial score (nSPS) is 27.1. The van der Waals surface area contributed by atoms with Crippen molar-refractivity contribution in [2.45, 2.75) is 44.8 Å². The van der Waals surface area contributed by atoms with Crippen LogP contribution in [0.4, 0.5) is 0 Å². The van der Waals surface area contributed by atoms with Gasteiger partial charge in [-0.15, -0.1) is 11.3 Å². The summed E-state index contributed by atoms with van der Waals surface area (Å²) in [5, 5.41) is 2.95. The third kappa shape index (κ3) is 2.84. The van der Waals surface area contributed by atoms with Gasteiger partial charge in [0.05, 0.1) is 23.5 Å². The lowest BCUT2D eigenvalue weighted by atomic mass is 9.97. The van der Waals surface area contributed by atoms with Gasteiger partial charge in [-0.2, -0.15) is 4.31 Å². The summed E-state index contributed by atoms with van der Waals surface area (Å²) in [6.45, 7) is 2.94. The minimum absolute atomic E-state index is 0.0111. The Morgan fingerprint density at radius 1 is 1.38 bits per heavy atom. The zero-order valence-electron chi connectivity index (χ0n) is 12.2. The number of fused-ring (bicyclic) bond motifs is 1. The molecule has 2 aliphatic heterocycles.